The Labute approximate surface area is 165 Å². The molecule has 2 aromatic carbocycles. The van der Waals surface area contributed by atoms with Gasteiger partial charge in [0.15, 0.2) is 0 Å². The summed E-state index contributed by atoms with van der Waals surface area (Å²) in [5.74, 6) is -0.530. The second kappa shape index (κ2) is 9.49. The van der Waals surface area contributed by atoms with E-state index in [-0.39, 0.29) is 30.1 Å². The molecule has 1 aliphatic carbocycles. The first kappa shape index (κ1) is 20.1. The van der Waals surface area contributed by atoms with Crippen molar-refractivity contribution >= 4 is 17.5 Å². The van der Waals surface area contributed by atoms with Crippen molar-refractivity contribution in [2.45, 2.75) is 57.9 Å². The van der Waals surface area contributed by atoms with E-state index in [4.69, 9.17) is 0 Å². The minimum Gasteiger partial charge on any atom is -0.349 e. The summed E-state index contributed by atoms with van der Waals surface area (Å²) in [6.45, 7) is 1.86. The molecule has 0 spiro atoms. The maximum atomic E-state index is 13.6. The number of benzene rings is 2. The van der Waals surface area contributed by atoms with Gasteiger partial charge in [0.2, 0.25) is 5.91 Å². The summed E-state index contributed by atoms with van der Waals surface area (Å²) < 4.78 is 13.6. The molecule has 1 fully saturated rings. The van der Waals surface area contributed by atoms with Gasteiger partial charge in [-0.2, -0.15) is 0 Å². The van der Waals surface area contributed by atoms with Gasteiger partial charge in [-0.25, -0.2) is 4.39 Å². The number of aryl methyl sites for hydroxylation is 2. The summed E-state index contributed by atoms with van der Waals surface area (Å²) in [7, 11) is 0. The van der Waals surface area contributed by atoms with Crippen LogP contribution in [0, 0.1) is 12.7 Å². The second-order valence-corrected chi connectivity index (χ2v) is 7.48. The van der Waals surface area contributed by atoms with E-state index in [1.807, 2.05) is 6.92 Å². The van der Waals surface area contributed by atoms with Crippen molar-refractivity contribution in [3.8, 4) is 0 Å². The molecule has 5 heteroatoms. The SMILES string of the molecule is Cc1cc(C(=O)NC2CCCCC2)ccc1NC(=O)CCc1ccccc1F. The first-order valence-electron chi connectivity index (χ1n) is 9.97. The van der Waals surface area contributed by atoms with E-state index in [0.717, 1.165) is 18.4 Å². The van der Waals surface area contributed by atoms with Crippen LogP contribution in [0.15, 0.2) is 42.5 Å². The Balaban J connectivity index is 1.55. The van der Waals surface area contributed by atoms with Crippen LogP contribution >= 0.6 is 0 Å². The van der Waals surface area contributed by atoms with Crippen LogP contribution in [0.1, 0.15) is 60.0 Å². The molecule has 0 radical (unpaired) electrons. The van der Waals surface area contributed by atoms with E-state index < -0.39 is 0 Å². The Bertz CT molecular complexity index is 844. The van der Waals surface area contributed by atoms with Crippen LogP contribution in [0.3, 0.4) is 0 Å². The smallest absolute Gasteiger partial charge is 0.251 e. The number of carbonyl (C=O) groups is 2. The minimum absolute atomic E-state index is 0.0626. The zero-order chi connectivity index (χ0) is 19.9. The van der Waals surface area contributed by atoms with Gasteiger partial charge in [-0.1, -0.05) is 37.5 Å². The van der Waals surface area contributed by atoms with Crippen molar-refractivity contribution in [1.29, 1.82) is 0 Å². The largest absolute Gasteiger partial charge is 0.349 e. The van der Waals surface area contributed by atoms with Crippen LogP contribution in [-0.2, 0) is 11.2 Å². The number of hydrogen-bond donors (Lipinski definition) is 2. The highest BCUT2D eigenvalue weighted by molar-refractivity contribution is 5.96. The summed E-state index contributed by atoms with van der Waals surface area (Å²) >= 11 is 0. The minimum atomic E-state index is -0.292. The van der Waals surface area contributed by atoms with Crippen LogP contribution in [-0.4, -0.2) is 17.9 Å². The molecule has 2 aromatic rings. The number of rotatable bonds is 6. The van der Waals surface area contributed by atoms with Crippen LogP contribution in [0.25, 0.3) is 0 Å². The predicted octanol–water partition coefficient (Wildman–Crippen LogP) is 4.77. The van der Waals surface area contributed by atoms with Crippen molar-refractivity contribution in [1.82, 2.24) is 5.32 Å². The normalized spacial score (nSPS) is 14.5. The first-order valence-corrected chi connectivity index (χ1v) is 9.97. The van der Waals surface area contributed by atoms with Crippen LogP contribution in [0.2, 0.25) is 0 Å². The van der Waals surface area contributed by atoms with Gasteiger partial charge in [0.1, 0.15) is 5.82 Å². The van der Waals surface area contributed by atoms with Crippen molar-refractivity contribution in [3.63, 3.8) is 0 Å². The number of hydrogen-bond acceptors (Lipinski definition) is 2. The molecule has 0 atom stereocenters. The van der Waals surface area contributed by atoms with Gasteiger partial charge in [0.25, 0.3) is 5.91 Å². The Hall–Kier alpha value is -2.69. The summed E-state index contributed by atoms with van der Waals surface area (Å²) in [6, 6.07) is 12.0. The molecule has 148 valence electrons. The fourth-order valence-corrected chi connectivity index (χ4v) is 3.62. The van der Waals surface area contributed by atoms with Gasteiger partial charge in [-0.15, -0.1) is 0 Å². The predicted molar refractivity (Wildman–Crippen MR) is 109 cm³/mol. The van der Waals surface area contributed by atoms with E-state index in [1.54, 1.807) is 36.4 Å². The first-order chi connectivity index (χ1) is 13.5. The Kier molecular flexibility index (Phi) is 6.80. The Morgan fingerprint density at radius 3 is 2.54 bits per heavy atom. The van der Waals surface area contributed by atoms with Crippen LogP contribution < -0.4 is 10.6 Å². The molecule has 4 nitrogen and oxygen atoms in total. The second-order valence-electron chi connectivity index (χ2n) is 7.48. The van der Waals surface area contributed by atoms with E-state index >= 15 is 0 Å². The highest BCUT2D eigenvalue weighted by Gasteiger charge is 2.17. The third kappa shape index (κ3) is 5.41. The van der Waals surface area contributed by atoms with Gasteiger partial charge in [-0.3, -0.25) is 9.59 Å². The lowest BCUT2D eigenvalue weighted by atomic mass is 9.95. The molecule has 1 aliphatic rings. The number of halogens is 1. The van der Waals surface area contributed by atoms with Crippen molar-refractivity contribution < 1.29 is 14.0 Å². The standard InChI is InChI=1S/C23H27FN2O2/c1-16-15-18(23(28)25-19-8-3-2-4-9-19)11-13-21(16)26-22(27)14-12-17-7-5-6-10-20(17)24/h5-7,10-11,13,15,19H,2-4,8-9,12,14H2,1H3,(H,25,28)(H,26,27). The van der Waals surface area contributed by atoms with Crippen molar-refractivity contribution in [2.75, 3.05) is 5.32 Å². The fraction of sp³-hybridized carbons (Fsp3) is 0.391. The molecule has 0 saturated heterocycles. The van der Waals surface area contributed by atoms with Gasteiger partial charge in [0, 0.05) is 23.7 Å². The topological polar surface area (TPSA) is 58.2 Å². The molecule has 0 heterocycles. The Morgan fingerprint density at radius 1 is 1.07 bits per heavy atom. The Morgan fingerprint density at radius 2 is 1.82 bits per heavy atom. The lowest BCUT2D eigenvalue weighted by Gasteiger charge is -2.23. The van der Waals surface area contributed by atoms with Crippen LogP contribution in [0.5, 0.6) is 0 Å². The number of nitrogens with one attached hydrogen (secondary N) is 2. The summed E-state index contributed by atoms with van der Waals surface area (Å²) in [6.07, 6.45) is 6.21. The van der Waals surface area contributed by atoms with Crippen LogP contribution in [0.4, 0.5) is 10.1 Å². The number of anilines is 1. The molecule has 0 aliphatic heterocycles. The van der Waals surface area contributed by atoms with Gasteiger partial charge >= 0.3 is 0 Å². The molecule has 28 heavy (non-hydrogen) atoms. The fourth-order valence-electron chi connectivity index (χ4n) is 3.62. The molecule has 2 amide bonds. The van der Waals surface area contributed by atoms with E-state index in [2.05, 4.69) is 10.6 Å². The number of amides is 2. The third-order valence-electron chi connectivity index (χ3n) is 5.28. The zero-order valence-electron chi connectivity index (χ0n) is 16.3. The average molecular weight is 382 g/mol. The van der Waals surface area contributed by atoms with E-state index in [9.17, 15) is 14.0 Å². The summed E-state index contributed by atoms with van der Waals surface area (Å²) in [5.41, 5.74) is 2.64. The average Bonchev–Trinajstić information content (AvgIpc) is 2.69. The van der Waals surface area contributed by atoms with E-state index in [1.165, 1.54) is 25.3 Å². The zero-order valence-corrected chi connectivity index (χ0v) is 16.3. The molecule has 0 aromatic heterocycles. The number of carbonyl (C=O) groups excluding carboxylic acids is 2. The lowest BCUT2D eigenvalue weighted by molar-refractivity contribution is -0.116. The van der Waals surface area contributed by atoms with E-state index in [0.29, 0.717) is 23.2 Å². The molecule has 3 rings (SSSR count). The summed E-state index contributed by atoms with van der Waals surface area (Å²) in [4.78, 5) is 24.7. The van der Waals surface area contributed by atoms with Gasteiger partial charge < -0.3 is 10.6 Å². The molecular weight excluding hydrogens is 355 g/mol. The maximum Gasteiger partial charge on any atom is 0.251 e. The summed E-state index contributed by atoms with van der Waals surface area (Å²) in [5, 5.41) is 5.96. The van der Waals surface area contributed by atoms with Crippen molar-refractivity contribution in [3.05, 3.63) is 65.0 Å². The van der Waals surface area contributed by atoms with Gasteiger partial charge in [0.05, 0.1) is 0 Å². The maximum absolute atomic E-state index is 13.6. The van der Waals surface area contributed by atoms with Gasteiger partial charge in [-0.05, 0) is 61.6 Å². The third-order valence-corrected chi connectivity index (χ3v) is 5.28. The molecule has 2 N–H and O–H groups in total. The molecule has 0 unspecified atom stereocenters. The monoisotopic (exact) mass is 382 g/mol. The molecule has 1 saturated carbocycles. The molecule has 0 bridgehead atoms. The highest BCUT2D eigenvalue weighted by atomic mass is 19.1. The van der Waals surface area contributed by atoms with Crippen molar-refractivity contribution in [2.24, 2.45) is 0 Å². The lowest BCUT2D eigenvalue weighted by Crippen LogP contribution is -2.36. The highest BCUT2D eigenvalue weighted by Crippen LogP contribution is 2.20. The quantitative estimate of drug-likeness (QED) is 0.756. The molecular formula is C23H27FN2O2.